The average Bonchev–Trinajstić information content (AvgIpc) is 3.26. The number of benzene rings is 2. The van der Waals surface area contributed by atoms with Gasteiger partial charge in [-0.3, -0.25) is 0 Å². The summed E-state index contributed by atoms with van der Waals surface area (Å²) >= 11 is 1.12. The van der Waals surface area contributed by atoms with Gasteiger partial charge in [-0.1, -0.05) is 0 Å². The highest BCUT2D eigenvalue weighted by Gasteiger charge is 2.38. The van der Waals surface area contributed by atoms with E-state index >= 15 is 0 Å². The van der Waals surface area contributed by atoms with Gasteiger partial charge in [0.05, 0.1) is 5.69 Å². The van der Waals surface area contributed by atoms with Gasteiger partial charge < -0.3 is 4.90 Å². The normalized spacial score (nSPS) is 15.3. The highest BCUT2D eigenvalue weighted by molar-refractivity contribution is 7.89. The molecule has 2 aromatic carbocycles. The lowest BCUT2D eigenvalue weighted by Gasteiger charge is -2.33. The maximum atomic E-state index is 14.0. The van der Waals surface area contributed by atoms with Gasteiger partial charge in [0, 0.05) is 43.2 Å². The van der Waals surface area contributed by atoms with Crippen molar-refractivity contribution in [2.45, 2.75) is 4.90 Å². The van der Waals surface area contributed by atoms with Gasteiger partial charge in [-0.2, -0.15) is 4.31 Å². The van der Waals surface area contributed by atoms with Crippen molar-refractivity contribution in [3.8, 4) is 11.3 Å². The number of hydrogen-bond acceptors (Lipinski definition) is 5. The largest absolute Gasteiger partial charge is 0.345 e. The van der Waals surface area contributed by atoms with Crippen LogP contribution in [0, 0.1) is 40.7 Å². The summed E-state index contributed by atoms with van der Waals surface area (Å²) in [7, 11) is -5.03. The maximum Gasteiger partial charge on any atom is 0.249 e. The molecule has 0 spiro atoms. The van der Waals surface area contributed by atoms with Crippen molar-refractivity contribution < 1.29 is 39.2 Å². The van der Waals surface area contributed by atoms with Gasteiger partial charge in [0.25, 0.3) is 0 Å². The summed E-state index contributed by atoms with van der Waals surface area (Å²) in [6.45, 7) is -0.686. The Morgan fingerprint density at radius 1 is 0.758 bits per heavy atom. The lowest BCUT2D eigenvalue weighted by Crippen LogP contribution is -2.49. The van der Waals surface area contributed by atoms with E-state index in [4.69, 9.17) is 0 Å². The van der Waals surface area contributed by atoms with Crippen LogP contribution in [0.15, 0.2) is 28.5 Å². The van der Waals surface area contributed by atoms with E-state index in [0.29, 0.717) is 15.5 Å². The topological polar surface area (TPSA) is 53.5 Å². The molecule has 0 aliphatic carbocycles. The fraction of sp³-hybridized carbons (Fsp3) is 0.211. The van der Waals surface area contributed by atoms with Crippen LogP contribution in [0.5, 0.6) is 0 Å². The molecule has 14 heteroatoms. The van der Waals surface area contributed by atoms with E-state index in [1.54, 1.807) is 10.3 Å². The Balaban J connectivity index is 1.54. The summed E-state index contributed by atoms with van der Waals surface area (Å²) in [5, 5.41) is 1.93. The van der Waals surface area contributed by atoms with Gasteiger partial charge in [-0.25, -0.2) is 44.1 Å². The predicted octanol–water partition coefficient (Wildman–Crippen LogP) is 4.29. The van der Waals surface area contributed by atoms with Crippen LogP contribution < -0.4 is 4.90 Å². The Bertz CT molecular complexity index is 1290. The Morgan fingerprint density at radius 3 is 1.82 bits per heavy atom. The summed E-state index contributed by atoms with van der Waals surface area (Å²) in [4.78, 5) is 3.99. The molecule has 1 aliphatic rings. The Morgan fingerprint density at radius 2 is 1.27 bits per heavy atom. The van der Waals surface area contributed by atoms with E-state index in [2.05, 4.69) is 4.98 Å². The molecule has 4 rings (SSSR count). The Labute approximate surface area is 186 Å². The second kappa shape index (κ2) is 8.57. The van der Waals surface area contributed by atoms with Crippen LogP contribution in [-0.2, 0) is 10.0 Å². The van der Waals surface area contributed by atoms with Gasteiger partial charge in [0.2, 0.25) is 15.8 Å². The highest BCUT2D eigenvalue weighted by Crippen LogP contribution is 2.32. The fourth-order valence-electron chi connectivity index (χ4n) is 3.30. The van der Waals surface area contributed by atoms with Crippen LogP contribution in [0.1, 0.15) is 0 Å². The van der Waals surface area contributed by atoms with Crippen LogP contribution in [0.2, 0.25) is 0 Å². The number of nitrogens with zero attached hydrogens (tertiary/aromatic N) is 3. The number of halogens is 7. The van der Waals surface area contributed by atoms with E-state index in [9.17, 15) is 39.2 Å². The molecule has 0 unspecified atom stereocenters. The number of hydrogen-bond donors (Lipinski definition) is 0. The fourth-order valence-corrected chi connectivity index (χ4v) is 5.73. The zero-order chi connectivity index (χ0) is 24.1. The minimum absolute atomic E-state index is 0.0148. The number of aromatic nitrogens is 1. The van der Waals surface area contributed by atoms with E-state index in [-0.39, 0.29) is 37.4 Å². The number of rotatable bonds is 4. The summed E-state index contributed by atoms with van der Waals surface area (Å²) in [6, 6.07) is 2.90. The Hall–Kier alpha value is -2.71. The molecule has 33 heavy (non-hydrogen) atoms. The predicted molar refractivity (Wildman–Crippen MR) is 105 cm³/mol. The molecule has 1 saturated heterocycles. The molecule has 176 valence electrons. The SMILES string of the molecule is O=S(=O)(c1c(F)c(F)c(F)c(F)c1F)N1CCN(c2nc(-c3cc(F)cc(F)c3)cs2)CC1. The van der Waals surface area contributed by atoms with Crippen LogP contribution in [0.3, 0.4) is 0 Å². The zero-order valence-electron chi connectivity index (χ0n) is 16.3. The van der Waals surface area contributed by atoms with Crippen LogP contribution >= 0.6 is 11.3 Å². The summed E-state index contributed by atoms with van der Waals surface area (Å²) < 4.78 is 121. The molecular weight excluding hydrogens is 499 g/mol. The lowest BCUT2D eigenvalue weighted by atomic mass is 10.1. The number of sulfonamides is 1. The smallest absolute Gasteiger partial charge is 0.249 e. The summed E-state index contributed by atoms with van der Waals surface area (Å²) in [5.41, 5.74) is 0.479. The van der Waals surface area contributed by atoms with Gasteiger partial charge in [-0.15, -0.1) is 11.3 Å². The van der Waals surface area contributed by atoms with E-state index in [1.807, 2.05) is 0 Å². The highest BCUT2D eigenvalue weighted by atomic mass is 32.2. The van der Waals surface area contributed by atoms with Crippen LogP contribution in [-0.4, -0.2) is 43.9 Å². The van der Waals surface area contributed by atoms with Crippen LogP contribution in [0.4, 0.5) is 35.9 Å². The first-order valence-electron chi connectivity index (χ1n) is 9.19. The first-order chi connectivity index (χ1) is 15.5. The molecule has 0 amide bonds. The minimum atomic E-state index is -5.03. The number of anilines is 1. The molecule has 3 aromatic rings. The van der Waals surface area contributed by atoms with Crippen molar-refractivity contribution in [2.75, 3.05) is 31.1 Å². The van der Waals surface area contributed by atoms with Crippen molar-refractivity contribution in [2.24, 2.45) is 0 Å². The third-order valence-corrected chi connectivity index (χ3v) is 7.75. The first-order valence-corrected chi connectivity index (χ1v) is 11.5. The molecule has 1 fully saturated rings. The molecule has 0 atom stereocenters. The van der Waals surface area contributed by atoms with E-state index in [0.717, 1.165) is 23.5 Å². The van der Waals surface area contributed by atoms with Crippen molar-refractivity contribution in [3.63, 3.8) is 0 Å². The van der Waals surface area contributed by atoms with E-state index in [1.165, 1.54) is 0 Å². The van der Waals surface area contributed by atoms with Gasteiger partial charge in [0.15, 0.2) is 33.3 Å². The number of thiazole rings is 1. The molecule has 1 aliphatic heterocycles. The monoisotopic (exact) mass is 511 g/mol. The molecule has 1 aromatic heterocycles. The van der Waals surface area contributed by atoms with Gasteiger partial charge in [0.1, 0.15) is 11.6 Å². The standard InChI is InChI=1S/C19H12F7N3O2S2/c20-10-5-9(6-11(21)7-10)12-8-32-19(27-12)28-1-3-29(4-2-28)33(30,31)18-16(25)14(23)13(22)15(24)17(18)26/h5-8H,1-4H2. The van der Waals surface area contributed by atoms with E-state index < -0.39 is 55.6 Å². The second-order valence-corrected chi connectivity index (χ2v) is 9.67. The number of piperazine rings is 1. The van der Waals surface area contributed by atoms with Gasteiger partial charge in [-0.05, 0) is 12.1 Å². The maximum absolute atomic E-state index is 14.0. The van der Waals surface area contributed by atoms with Crippen molar-refractivity contribution in [1.82, 2.24) is 9.29 Å². The zero-order valence-corrected chi connectivity index (χ0v) is 17.9. The molecule has 0 N–H and O–H groups in total. The molecule has 0 radical (unpaired) electrons. The van der Waals surface area contributed by atoms with Gasteiger partial charge >= 0.3 is 0 Å². The minimum Gasteiger partial charge on any atom is -0.345 e. The molecule has 0 saturated carbocycles. The molecule has 2 heterocycles. The summed E-state index contributed by atoms with van der Waals surface area (Å²) in [5.74, 6) is -13.6. The van der Waals surface area contributed by atoms with Crippen LogP contribution in [0.25, 0.3) is 11.3 Å². The Kier molecular flexibility index (Phi) is 6.09. The quantitative estimate of drug-likeness (QED) is 0.298. The third kappa shape index (κ3) is 4.17. The first kappa shape index (κ1) is 23.4. The second-order valence-electron chi connectivity index (χ2n) is 6.96. The third-order valence-electron chi connectivity index (χ3n) is 4.93. The van der Waals surface area contributed by atoms with Crippen molar-refractivity contribution >= 4 is 26.5 Å². The lowest BCUT2D eigenvalue weighted by molar-refractivity contribution is 0.344. The molecule has 5 nitrogen and oxygen atoms in total. The molecule has 0 bridgehead atoms. The van der Waals surface area contributed by atoms with Crippen molar-refractivity contribution in [3.05, 3.63) is 64.3 Å². The average molecular weight is 511 g/mol. The molecular formula is C19H12F7N3O2S2. The summed E-state index contributed by atoms with van der Waals surface area (Å²) in [6.07, 6.45) is 0. The van der Waals surface area contributed by atoms with Crippen molar-refractivity contribution in [1.29, 1.82) is 0 Å².